The number of ether oxygens (including phenoxy) is 1. The van der Waals surface area contributed by atoms with Crippen molar-refractivity contribution in [3.63, 3.8) is 0 Å². The lowest BCUT2D eigenvalue weighted by atomic mass is 10.2. The Kier molecular flexibility index (Phi) is 4.37. The number of hydrogen-bond donors (Lipinski definition) is 2. The Morgan fingerprint density at radius 1 is 1.33 bits per heavy atom. The molecule has 3 N–H and O–H groups in total. The number of anilines is 3. The van der Waals surface area contributed by atoms with Crippen molar-refractivity contribution in [1.82, 2.24) is 4.98 Å². The number of esters is 1. The fraction of sp³-hybridized carbons (Fsp3) is 0.0769. The van der Waals surface area contributed by atoms with Crippen molar-refractivity contribution in [2.75, 3.05) is 18.2 Å². The van der Waals surface area contributed by atoms with E-state index in [2.05, 4.69) is 31.0 Å². The molecule has 0 saturated carbocycles. The van der Waals surface area contributed by atoms with Crippen molar-refractivity contribution in [2.24, 2.45) is 0 Å². The van der Waals surface area contributed by atoms with E-state index in [9.17, 15) is 13.6 Å². The number of nitrogens with zero attached hydrogens (tertiary/aromatic N) is 1. The molecule has 1 heterocycles. The zero-order valence-corrected chi connectivity index (χ0v) is 12.4. The van der Waals surface area contributed by atoms with Gasteiger partial charge in [0, 0.05) is 6.07 Å². The zero-order valence-electron chi connectivity index (χ0n) is 10.8. The van der Waals surface area contributed by atoms with Crippen LogP contribution in [-0.2, 0) is 4.74 Å². The van der Waals surface area contributed by atoms with E-state index >= 15 is 0 Å². The Morgan fingerprint density at radius 2 is 2.05 bits per heavy atom. The maximum Gasteiger partial charge on any atom is 0.341 e. The van der Waals surface area contributed by atoms with Crippen molar-refractivity contribution in [1.29, 1.82) is 0 Å². The predicted octanol–water partition coefficient (Wildman–Crippen LogP) is 3.23. The number of nitrogens with two attached hydrogens (primary N) is 1. The maximum atomic E-state index is 13.7. The van der Waals surface area contributed by atoms with Gasteiger partial charge in [-0.15, -0.1) is 0 Å². The third kappa shape index (κ3) is 3.27. The normalized spacial score (nSPS) is 10.3. The van der Waals surface area contributed by atoms with E-state index in [0.29, 0.717) is 6.07 Å². The monoisotopic (exact) mass is 357 g/mol. The van der Waals surface area contributed by atoms with E-state index in [-0.39, 0.29) is 27.2 Å². The summed E-state index contributed by atoms with van der Waals surface area (Å²) in [6.45, 7) is 0. The quantitative estimate of drug-likeness (QED) is 0.651. The molecule has 0 aliphatic carbocycles. The Hall–Kier alpha value is -2.22. The van der Waals surface area contributed by atoms with Crippen LogP contribution >= 0.6 is 15.9 Å². The molecule has 0 amide bonds. The predicted molar refractivity (Wildman–Crippen MR) is 77.3 cm³/mol. The topological polar surface area (TPSA) is 77.2 Å². The molecular weight excluding hydrogens is 348 g/mol. The second kappa shape index (κ2) is 6.04. The number of nitrogen functional groups attached to an aromatic ring is 1. The molecule has 0 aliphatic rings. The summed E-state index contributed by atoms with van der Waals surface area (Å²) >= 11 is 2.95. The molecule has 21 heavy (non-hydrogen) atoms. The number of methoxy groups -OCH3 is 1. The number of carbonyl (C=O) groups excluding carboxylic acids is 1. The Labute approximate surface area is 127 Å². The van der Waals surface area contributed by atoms with Crippen LogP contribution in [0.4, 0.5) is 26.0 Å². The Balaban J connectivity index is 2.44. The van der Waals surface area contributed by atoms with Gasteiger partial charge in [0.15, 0.2) is 0 Å². The fourth-order valence-electron chi connectivity index (χ4n) is 1.59. The van der Waals surface area contributed by atoms with E-state index in [1.54, 1.807) is 0 Å². The van der Waals surface area contributed by atoms with E-state index in [1.807, 2.05) is 0 Å². The molecule has 1 aromatic heterocycles. The highest BCUT2D eigenvalue weighted by atomic mass is 79.9. The SMILES string of the molecule is COC(=O)c1cc(N)cnc1Nc1cc(Br)c(F)cc1F. The van der Waals surface area contributed by atoms with Crippen LogP contribution < -0.4 is 11.1 Å². The van der Waals surface area contributed by atoms with Crippen LogP contribution in [-0.4, -0.2) is 18.1 Å². The highest BCUT2D eigenvalue weighted by Crippen LogP contribution is 2.27. The fourth-order valence-corrected chi connectivity index (χ4v) is 1.94. The van der Waals surface area contributed by atoms with Gasteiger partial charge in [0.2, 0.25) is 0 Å². The highest BCUT2D eigenvalue weighted by molar-refractivity contribution is 9.10. The molecule has 0 atom stereocenters. The van der Waals surface area contributed by atoms with Gasteiger partial charge >= 0.3 is 5.97 Å². The maximum absolute atomic E-state index is 13.7. The van der Waals surface area contributed by atoms with Crippen LogP contribution in [0.3, 0.4) is 0 Å². The first-order chi connectivity index (χ1) is 9.92. The number of benzene rings is 1. The minimum absolute atomic E-state index is 0.0392. The molecule has 2 aromatic rings. The first-order valence-electron chi connectivity index (χ1n) is 5.67. The number of rotatable bonds is 3. The highest BCUT2D eigenvalue weighted by Gasteiger charge is 2.16. The van der Waals surface area contributed by atoms with E-state index in [1.165, 1.54) is 25.4 Å². The molecule has 2 rings (SSSR count). The molecule has 0 spiro atoms. The first-order valence-corrected chi connectivity index (χ1v) is 6.47. The number of halogens is 3. The third-order valence-electron chi connectivity index (χ3n) is 2.58. The van der Waals surface area contributed by atoms with E-state index < -0.39 is 17.6 Å². The number of nitrogens with one attached hydrogen (secondary N) is 1. The van der Waals surface area contributed by atoms with Crippen LogP contribution in [0.15, 0.2) is 28.9 Å². The van der Waals surface area contributed by atoms with Crippen LogP contribution in [0.2, 0.25) is 0 Å². The van der Waals surface area contributed by atoms with E-state index in [4.69, 9.17) is 5.73 Å². The molecule has 0 radical (unpaired) electrons. The summed E-state index contributed by atoms with van der Waals surface area (Å²) in [7, 11) is 1.20. The van der Waals surface area contributed by atoms with Gasteiger partial charge in [-0.2, -0.15) is 0 Å². The van der Waals surface area contributed by atoms with Crippen molar-refractivity contribution in [3.8, 4) is 0 Å². The van der Waals surface area contributed by atoms with Gasteiger partial charge < -0.3 is 15.8 Å². The van der Waals surface area contributed by atoms with Crippen molar-refractivity contribution in [3.05, 3.63) is 46.1 Å². The number of carbonyl (C=O) groups is 1. The molecule has 0 bridgehead atoms. The third-order valence-corrected chi connectivity index (χ3v) is 3.18. The van der Waals surface area contributed by atoms with E-state index in [0.717, 1.165) is 0 Å². The molecule has 0 saturated heterocycles. The molecule has 110 valence electrons. The molecule has 5 nitrogen and oxygen atoms in total. The Bertz CT molecular complexity index is 710. The molecular formula is C13H10BrF2N3O2. The lowest BCUT2D eigenvalue weighted by molar-refractivity contribution is 0.0601. The van der Waals surface area contributed by atoms with Crippen LogP contribution in [0.5, 0.6) is 0 Å². The van der Waals surface area contributed by atoms with Crippen molar-refractivity contribution in [2.45, 2.75) is 0 Å². The van der Waals surface area contributed by atoms with Crippen LogP contribution in [0.1, 0.15) is 10.4 Å². The van der Waals surface area contributed by atoms with Gasteiger partial charge in [0.1, 0.15) is 23.0 Å². The standard InChI is InChI=1S/C13H10BrF2N3O2/c1-21-13(20)7-2-6(17)5-18-12(7)19-11-3-8(14)9(15)4-10(11)16/h2-5H,17H2,1H3,(H,18,19). The minimum atomic E-state index is -0.829. The average molecular weight is 358 g/mol. The van der Waals surface area contributed by atoms with Crippen molar-refractivity contribution < 1.29 is 18.3 Å². The second-order valence-corrected chi connectivity index (χ2v) is 4.88. The molecule has 8 heteroatoms. The van der Waals surface area contributed by atoms with Gasteiger partial charge in [-0.3, -0.25) is 0 Å². The summed E-state index contributed by atoms with van der Waals surface area (Å²) in [5.74, 6) is -2.20. The summed E-state index contributed by atoms with van der Waals surface area (Å²) in [5.41, 5.74) is 5.80. The van der Waals surface area contributed by atoms with Gasteiger partial charge in [-0.1, -0.05) is 0 Å². The molecule has 1 aromatic carbocycles. The summed E-state index contributed by atoms with van der Waals surface area (Å²) in [5, 5.41) is 2.61. The smallest absolute Gasteiger partial charge is 0.341 e. The van der Waals surface area contributed by atoms with Gasteiger partial charge in [0.05, 0.1) is 29.2 Å². The minimum Gasteiger partial charge on any atom is -0.465 e. The number of pyridine rings is 1. The largest absolute Gasteiger partial charge is 0.465 e. The first kappa shape index (κ1) is 15.2. The van der Waals surface area contributed by atoms with Crippen LogP contribution in [0, 0.1) is 11.6 Å². The van der Waals surface area contributed by atoms with Crippen LogP contribution in [0.25, 0.3) is 0 Å². The Morgan fingerprint density at radius 3 is 2.71 bits per heavy atom. The number of hydrogen-bond acceptors (Lipinski definition) is 5. The summed E-state index contributed by atoms with van der Waals surface area (Å²) in [6.07, 6.45) is 1.30. The summed E-state index contributed by atoms with van der Waals surface area (Å²) in [6, 6.07) is 3.25. The summed E-state index contributed by atoms with van der Waals surface area (Å²) < 4.78 is 31.6. The molecule has 0 fully saturated rings. The second-order valence-electron chi connectivity index (χ2n) is 4.03. The van der Waals surface area contributed by atoms with Gasteiger partial charge in [0.25, 0.3) is 0 Å². The average Bonchev–Trinajstić information content (AvgIpc) is 2.45. The van der Waals surface area contributed by atoms with Gasteiger partial charge in [-0.25, -0.2) is 18.6 Å². The summed E-state index contributed by atoms with van der Waals surface area (Å²) in [4.78, 5) is 15.6. The lowest BCUT2D eigenvalue weighted by Gasteiger charge is -2.11. The lowest BCUT2D eigenvalue weighted by Crippen LogP contribution is -2.09. The van der Waals surface area contributed by atoms with Crippen molar-refractivity contribution >= 4 is 39.1 Å². The number of aromatic nitrogens is 1. The van der Waals surface area contributed by atoms with Gasteiger partial charge in [-0.05, 0) is 28.1 Å². The molecule has 0 aliphatic heterocycles. The molecule has 0 unspecified atom stereocenters. The zero-order chi connectivity index (χ0) is 15.6.